The number of carbonyl (C=O) groups is 1. The molecule has 2 N–H and O–H groups in total. The van der Waals surface area contributed by atoms with Crippen LogP contribution in [0.2, 0.25) is 0 Å². The Bertz CT molecular complexity index is 942. The van der Waals surface area contributed by atoms with Crippen molar-refractivity contribution < 1.29 is 9.90 Å². The minimum atomic E-state index is -0.0172. The van der Waals surface area contributed by atoms with Gasteiger partial charge in [-0.1, -0.05) is 32.0 Å². The van der Waals surface area contributed by atoms with Crippen LogP contribution in [-0.2, 0) is 0 Å². The Labute approximate surface area is 152 Å². The molecule has 2 aromatic carbocycles. The molecular weight excluding hydrogens is 328 g/mol. The molecular formula is C20H22N4O2. The van der Waals surface area contributed by atoms with Gasteiger partial charge in [0.2, 0.25) is 5.88 Å². The van der Waals surface area contributed by atoms with Crippen molar-refractivity contribution in [1.82, 2.24) is 9.88 Å². The average molecular weight is 350 g/mol. The molecule has 6 nitrogen and oxygen atoms in total. The second-order valence-corrected chi connectivity index (χ2v) is 6.69. The molecule has 0 unspecified atom stereocenters. The van der Waals surface area contributed by atoms with Crippen molar-refractivity contribution >= 4 is 28.2 Å². The Morgan fingerprint density at radius 3 is 2.50 bits per heavy atom. The first-order valence-electron chi connectivity index (χ1n) is 8.52. The number of benzene rings is 2. The standard InChI is InChI=1S/C20H22N4O2/c1-13(2)12-24(3)20(26)14-8-10-15(11-9-14)22-23-18-16-6-4-5-7-17(16)21-19(18)25/h4-11,13,21,25H,12H2,1-3H3. The summed E-state index contributed by atoms with van der Waals surface area (Å²) in [6.07, 6.45) is 0. The van der Waals surface area contributed by atoms with Crippen molar-refractivity contribution in [2.24, 2.45) is 16.1 Å². The number of nitrogens with one attached hydrogen (secondary N) is 1. The highest BCUT2D eigenvalue weighted by atomic mass is 16.3. The highest BCUT2D eigenvalue weighted by Crippen LogP contribution is 2.36. The lowest BCUT2D eigenvalue weighted by Gasteiger charge is -2.19. The van der Waals surface area contributed by atoms with Crippen LogP contribution in [0.15, 0.2) is 58.8 Å². The van der Waals surface area contributed by atoms with Crippen LogP contribution in [-0.4, -0.2) is 34.5 Å². The highest BCUT2D eigenvalue weighted by molar-refractivity contribution is 5.95. The van der Waals surface area contributed by atoms with Crippen LogP contribution in [0.3, 0.4) is 0 Å². The molecule has 6 heteroatoms. The third-order valence-corrected chi connectivity index (χ3v) is 4.02. The SMILES string of the molecule is CC(C)CN(C)C(=O)c1ccc(N=Nc2c(O)[nH]c3ccccc23)cc1. The van der Waals surface area contributed by atoms with E-state index >= 15 is 0 Å². The molecule has 0 radical (unpaired) electrons. The lowest BCUT2D eigenvalue weighted by molar-refractivity contribution is 0.0779. The van der Waals surface area contributed by atoms with E-state index in [1.165, 1.54) is 0 Å². The summed E-state index contributed by atoms with van der Waals surface area (Å²) in [6.45, 7) is 4.86. The third-order valence-electron chi connectivity index (χ3n) is 4.02. The molecule has 0 aliphatic heterocycles. The largest absolute Gasteiger partial charge is 0.493 e. The van der Waals surface area contributed by atoms with Crippen molar-refractivity contribution in [3.8, 4) is 5.88 Å². The highest BCUT2D eigenvalue weighted by Gasteiger charge is 2.13. The van der Waals surface area contributed by atoms with E-state index in [-0.39, 0.29) is 11.8 Å². The summed E-state index contributed by atoms with van der Waals surface area (Å²) in [5.41, 5.74) is 2.42. The second kappa shape index (κ2) is 7.39. The molecule has 3 aromatic rings. The number of azo groups is 1. The predicted molar refractivity (Wildman–Crippen MR) is 102 cm³/mol. The van der Waals surface area contributed by atoms with E-state index in [1.807, 2.05) is 24.3 Å². The number of hydrogen-bond acceptors (Lipinski definition) is 4. The molecule has 26 heavy (non-hydrogen) atoms. The molecule has 0 fully saturated rings. The molecule has 0 saturated carbocycles. The van der Waals surface area contributed by atoms with E-state index in [0.29, 0.717) is 29.4 Å². The Kier molecular flexibility index (Phi) is 5.02. The summed E-state index contributed by atoms with van der Waals surface area (Å²) in [4.78, 5) is 16.9. The molecule has 0 spiro atoms. The number of rotatable bonds is 5. The summed E-state index contributed by atoms with van der Waals surface area (Å²) in [5, 5.41) is 19.1. The summed E-state index contributed by atoms with van der Waals surface area (Å²) in [7, 11) is 1.80. The fourth-order valence-electron chi connectivity index (χ4n) is 2.84. The molecule has 1 heterocycles. The number of H-pyrrole nitrogens is 1. The Morgan fingerprint density at radius 2 is 1.81 bits per heavy atom. The second-order valence-electron chi connectivity index (χ2n) is 6.69. The molecule has 3 rings (SSSR count). The monoisotopic (exact) mass is 350 g/mol. The topological polar surface area (TPSA) is 81.1 Å². The number of aromatic amines is 1. The number of nitrogens with zero attached hydrogens (tertiary/aromatic N) is 3. The molecule has 0 atom stereocenters. The molecule has 134 valence electrons. The number of fused-ring (bicyclic) bond motifs is 1. The number of amides is 1. The van der Waals surface area contributed by atoms with Gasteiger partial charge in [0.1, 0.15) is 0 Å². The minimum Gasteiger partial charge on any atom is -0.493 e. The maximum Gasteiger partial charge on any atom is 0.253 e. The van der Waals surface area contributed by atoms with E-state index in [1.54, 1.807) is 36.2 Å². The lowest BCUT2D eigenvalue weighted by Crippen LogP contribution is -2.30. The van der Waals surface area contributed by atoms with Gasteiger partial charge in [0.05, 0.1) is 11.2 Å². The zero-order valence-corrected chi connectivity index (χ0v) is 15.1. The van der Waals surface area contributed by atoms with E-state index in [4.69, 9.17) is 0 Å². The van der Waals surface area contributed by atoms with Gasteiger partial charge in [0.15, 0.2) is 5.69 Å². The number of carbonyl (C=O) groups excluding carboxylic acids is 1. The number of aromatic hydroxyl groups is 1. The fourth-order valence-corrected chi connectivity index (χ4v) is 2.84. The van der Waals surface area contributed by atoms with Crippen LogP contribution < -0.4 is 0 Å². The van der Waals surface area contributed by atoms with Gasteiger partial charge in [-0.3, -0.25) is 4.79 Å². The van der Waals surface area contributed by atoms with Gasteiger partial charge in [-0.15, -0.1) is 5.11 Å². The summed E-state index contributed by atoms with van der Waals surface area (Å²) in [5.74, 6) is 0.384. The maximum absolute atomic E-state index is 12.4. The molecule has 0 bridgehead atoms. The zero-order valence-electron chi connectivity index (χ0n) is 15.1. The van der Waals surface area contributed by atoms with Gasteiger partial charge < -0.3 is 15.0 Å². The van der Waals surface area contributed by atoms with Gasteiger partial charge in [-0.05, 0) is 36.2 Å². The van der Waals surface area contributed by atoms with Crippen molar-refractivity contribution in [3.05, 3.63) is 54.1 Å². The predicted octanol–water partition coefficient (Wildman–Crippen LogP) is 5.02. The first-order valence-corrected chi connectivity index (χ1v) is 8.52. The first kappa shape index (κ1) is 17.7. The number of para-hydroxylation sites is 1. The molecule has 0 aliphatic carbocycles. The van der Waals surface area contributed by atoms with Crippen molar-refractivity contribution in [1.29, 1.82) is 0 Å². The van der Waals surface area contributed by atoms with Gasteiger partial charge >= 0.3 is 0 Å². The maximum atomic E-state index is 12.4. The van der Waals surface area contributed by atoms with Crippen molar-refractivity contribution in [2.45, 2.75) is 13.8 Å². The van der Waals surface area contributed by atoms with Gasteiger partial charge in [-0.2, -0.15) is 5.11 Å². The van der Waals surface area contributed by atoms with Crippen LogP contribution in [0.5, 0.6) is 5.88 Å². The molecule has 0 aliphatic rings. The van der Waals surface area contributed by atoms with Gasteiger partial charge in [0.25, 0.3) is 5.91 Å². The smallest absolute Gasteiger partial charge is 0.253 e. The Balaban J connectivity index is 1.78. The van der Waals surface area contributed by atoms with Crippen molar-refractivity contribution in [3.63, 3.8) is 0 Å². The van der Waals surface area contributed by atoms with Crippen LogP contribution in [0.4, 0.5) is 11.4 Å². The Morgan fingerprint density at radius 1 is 1.12 bits per heavy atom. The van der Waals surface area contributed by atoms with E-state index in [0.717, 1.165) is 10.9 Å². The van der Waals surface area contributed by atoms with Crippen LogP contribution >= 0.6 is 0 Å². The Hall–Kier alpha value is -3.15. The van der Waals surface area contributed by atoms with Crippen LogP contribution in [0.1, 0.15) is 24.2 Å². The molecule has 1 aromatic heterocycles. The fraction of sp³-hybridized carbons (Fsp3) is 0.250. The third kappa shape index (κ3) is 3.74. The van der Waals surface area contributed by atoms with E-state index < -0.39 is 0 Å². The first-order chi connectivity index (χ1) is 12.5. The molecule has 0 saturated heterocycles. The lowest BCUT2D eigenvalue weighted by atomic mass is 10.1. The minimum absolute atomic E-state index is 0.0166. The zero-order chi connectivity index (χ0) is 18.7. The number of hydrogen-bond donors (Lipinski definition) is 2. The molecule has 1 amide bonds. The number of aromatic nitrogens is 1. The van der Waals surface area contributed by atoms with E-state index in [2.05, 4.69) is 29.1 Å². The normalized spacial score (nSPS) is 11.5. The average Bonchev–Trinajstić information content (AvgIpc) is 2.94. The summed E-state index contributed by atoms with van der Waals surface area (Å²) < 4.78 is 0. The van der Waals surface area contributed by atoms with Crippen molar-refractivity contribution in [2.75, 3.05) is 13.6 Å². The summed E-state index contributed by atoms with van der Waals surface area (Å²) in [6, 6.07) is 14.4. The van der Waals surface area contributed by atoms with Crippen LogP contribution in [0.25, 0.3) is 10.9 Å². The quantitative estimate of drug-likeness (QED) is 0.634. The summed E-state index contributed by atoms with van der Waals surface area (Å²) >= 11 is 0. The van der Waals surface area contributed by atoms with Gasteiger partial charge in [-0.25, -0.2) is 0 Å². The van der Waals surface area contributed by atoms with Crippen LogP contribution in [0, 0.1) is 5.92 Å². The van der Waals surface area contributed by atoms with Gasteiger partial charge in [0, 0.05) is 24.5 Å². The van der Waals surface area contributed by atoms with E-state index in [9.17, 15) is 9.90 Å².